The van der Waals surface area contributed by atoms with Gasteiger partial charge in [0.15, 0.2) is 0 Å². The summed E-state index contributed by atoms with van der Waals surface area (Å²) < 4.78 is 0. The van der Waals surface area contributed by atoms with Gasteiger partial charge in [-0.2, -0.15) is 0 Å². The first kappa shape index (κ1) is 36.1. The number of benzene rings is 5. The molecule has 0 saturated heterocycles. The van der Waals surface area contributed by atoms with E-state index in [4.69, 9.17) is 4.98 Å². The topological polar surface area (TPSA) is 25.8 Å². The van der Waals surface area contributed by atoms with Gasteiger partial charge in [0.2, 0.25) is 0 Å². The van der Waals surface area contributed by atoms with Crippen LogP contribution in [0, 0.1) is 51.7 Å². The number of pyridine rings is 2. The van der Waals surface area contributed by atoms with Gasteiger partial charge in [0, 0.05) is 32.0 Å². The Bertz CT molecular complexity index is 2130. The van der Waals surface area contributed by atoms with Crippen molar-refractivity contribution in [1.82, 2.24) is 9.97 Å². The van der Waals surface area contributed by atoms with Crippen LogP contribution in [-0.2, 0) is 32.9 Å². The van der Waals surface area contributed by atoms with Crippen molar-refractivity contribution < 1.29 is 20.1 Å². The third-order valence-corrected chi connectivity index (χ3v) is 8.70. The Morgan fingerprint density at radius 3 is 2.00 bits per heavy atom. The molecule has 0 fully saturated rings. The van der Waals surface area contributed by atoms with Crippen molar-refractivity contribution in [3.63, 3.8) is 0 Å². The molecule has 0 amide bonds. The van der Waals surface area contributed by atoms with Crippen LogP contribution in [0.4, 0.5) is 0 Å². The van der Waals surface area contributed by atoms with Gasteiger partial charge < -0.3 is 9.97 Å². The van der Waals surface area contributed by atoms with Crippen LogP contribution in [0.3, 0.4) is 0 Å². The van der Waals surface area contributed by atoms with E-state index in [9.17, 15) is 0 Å². The molecule has 0 aliphatic carbocycles. The number of nitrogens with zero attached hydrogens (tertiary/aromatic N) is 2. The van der Waals surface area contributed by atoms with E-state index in [1.165, 1.54) is 54.6 Å². The molecular weight excluding hydrogens is 773 g/mol. The maximum Gasteiger partial charge on any atom is 0.0268 e. The molecule has 3 heteroatoms. The summed E-state index contributed by atoms with van der Waals surface area (Å²) in [5.41, 5.74) is 11.7. The molecule has 2 aromatic heterocycles. The molecular formula is C46H46IrN2-2. The van der Waals surface area contributed by atoms with Gasteiger partial charge in [-0.3, -0.25) is 0 Å². The van der Waals surface area contributed by atoms with Crippen LogP contribution in [-0.4, -0.2) is 9.97 Å². The van der Waals surface area contributed by atoms with Gasteiger partial charge in [-0.05, 0) is 94.4 Å². The number of aromatic nitrogens is 2. The van der Waals surface area contributed by atoms with Crippen LogP contribution in [0.15, 0.2) is 97.2 Å². The minimum Gasteiger partial charge on any atom is -0.304 e. The van der Waals surface area contributed by atoms with E-state index in [1.807, 2.05) is 13.1 Å². The van der Waals surface area contributed by atoms with Crippen LogP contribution in [0.25, 0.3) is 54.8 Å². The van der Waals surface area contributed by atoms with Crippen molar-refractivity contribution in [3.05, 3.63) is 143 Å². The van der Waals surface area contributed by atoms with E-state index in [0.29, 0.717) is 11.8 Å². The Kier molecular flexibility index (Phi) is 11.5. The molecule has 2 nitrogen and oxygen atoms in total. The Balaban J connectivity index is 0.000000233. The van der Waals surface area contributed by atoms with Gasteiger partial charge in [-0.25, -0.2) is 0 Å². The zero-order chi connectivity index (χ0) is 33.9. The molecule has 0 unspecified atom stereocenters. The molecule has 7 rings (SSSR count). The zero-order valence-electron chi connectivity index (χ0n) is 30.0. The van der Waals surface area contributed by atoms with Crippen molar-refractivity contribution in [1.29, 1.82) is 0 Å². The number of fused-ring (bicyclic) bond motifs is 5. The predicted octanol–water partition coefficient (Wildman–Crippen LogP) is 12.2. The fraction of sp³-hybridized carbons (Fsp3) is 0.261. The second kappa shape index (κ2) is 15.6. The first-order valence-electron chi connectivity index (χ1n) is 17.2. The standard InChI is InChI=1S/C31H30N.C15H16N.Ir/c1-20(2)15-22-17-23(16-21(3)4)19-25(18-22)31-30-12-11-27-26-8-6-5-7-24(26)9-10-28(27)29(30)13-14-32-31;1-10-5-11(2)8-14(7-10)15-9-12(3)6-13(4)16-15;/h5-14,17-18,20-21H,15-16H2,1-4H3;5-7,9H,1-4H3;/q2*-1;. The summed E-state index contributed by atoms with van der Waals surface area (Å²) in [5.74, 6) is 1.22. The van der Waals surface area contributed by atoms with E-state index in [-0.39, 0.29) is 20.1 Å². The Morgan fingerprint density at radius 1 is 0.592 bits per heavy atom. The molecule has 0 bridgehead atoms. The van der Waals surface area contributed by atoms with Crippen LogP contribution >= 0.6 is 0 Å². The number of hydrogen-bond donors (Lipinski definition) is 0. The van der Waals surface area contributed by atoms with Gasteiger partial charge in [0.25, 0.3) is 0 Å². The van der Waals surface area contributed by atoms with E-state index in [2.05, 4.69) is 157 Å². The fourth-order valence-electron chi connectivity index (χ4n) is 6.94. The van der Waals surface area contributed by atoms with Crippen molar-refractivity contribution in [3.8, 4) is 22.5 Å². The molecule has 49 heavy (non-hydrogen) atoms. The Labute approximate surface area is 306 Å². The molecule has 0 saturated carbocycles. The molecule has 5 aromatic carbocycles. The minimum absolute atomic E-state index is 0. The zero-order valence-corrected chi connectivity index (χ0v) is 32.4. The third-order valence-electron chi connectivity index (χ3n) is 8.70. The Morgan fingerprint density at radius 2 is 1.27 bits per heavy atom. The molecule has 0 atom stereocenters. The van der Waals surface area contributed by atoms with Crippen LogP contribution in [0.2, 0.25) is 0 Å². The monoisotopic (exact) mass is 819 g/mol. The smallest absolute Gasteiger partial charge is 0.0268 e. The van der Waals surface area contributed by atoms with Crippen molar-refractivity contribution in [2.45, 2.75) is 68.2 Å². The second-order valence-electron chi connectivity index (χ2n) is 14.3. The summed E-state index contributed by atoms with van der Waals surface area (Å²) in [4.78, 5) is 9.41. The summed E-state index contributed by atoms with van der Waals surface area (Å²) in [7, 11) is 0. The van der Waals surface area contributed by atoms with E-state index >= 15 is 0 Å². The van der Waals surface area contributed by atoms with Crippen molar-refractivity contribution in [2.24, 2.45) is 11.8 Å². The Hall–Kier alpha value is -4.17. The minimum atomic E-state index is 0. The number of aryl methyl sites for hydroxylation is 4. The summed E-state index contributed by atoms with van der Waals surface area (Å²) in [5, 5.41) is 7.61. The quantitative estimate of drug-likeness (QED) is 0.123. The molecule has 0 N–H and O–H groups in total. The summed E-state index contributed by atoms with van der Waals surface area (Å²) in [6.45, 7) is 17.4. The molecule has 1 radical (unpaired) electrons. The first-order chi connectivity index (χ1) is 23.0. The average Bonchev–Trinajstić information content (AvgIpc) is 3.03. The van der Waals surface area contributed by atoms with Crippen LogP contribution in [0.5, 0.6) is 0 Å². The van der Waals surface area contributed by atoms with Gasteiger partial charge >= 0.3 is 0 Å². The first-order valence-corrected chi connectivity index (χ1v) is 17.2. The maximum absolute atomic E-state index is 4.86. The van der Waals surface area contributed by atoms with E-state index in [0.717, 1.165) is 46.6 Å². The largest absolute Gasteiger partial charge is 0.304 e. The molecule has 0 aliphatic heterocycles. The summed E-state index contributed by atoms with van der Waals surface area (Å²) >= 11 is 0. The summed E-state index contributed by atoms with van der Waals surface area (Å²) in [6, 6.07) is 40.0. The fourth-order valence-corrected chi connectivity index (χ4v) is 6.94. The van der Waals surface area contributed by atoms with Gasteiger partial charge in [0.05, 0.1) is 0 Å². The second-order valence-corrected chi connectivity index (χ2v) is 14.3. The number of rotatable bonds is 6. The molecule has 0 aliphatic rings. The number of hydrogen-bond acceptors (Lipinski definition) is 2. The third kappa shape index (κ3) is 8.53. The molecule has 7 aromatic rings. The summed E-state index contributed by atoms with van der Waals surface area (Å²) in [6.07, 6.45) is 4.07. The van der Waals surface area contributed by atoms with Crippen LogP contribution < -0.4 is 0 Å². The van der Waals surface area contributed by atoms with Gasteiger partial charge in [0.1, 0.15) is 0 Å². The molecule has 251 valence electrons. The predicted molar refractivity (Wildman–Crippen MR) is 206 cm³/mol. The van der Waals surface area contributed by atoms with Gasteiger partial charge in [-0.15, -0.1) is 69.8 Å². The van der Waals surface area contributed by atoms with E-state index in [1.54, 1.807) is 0 Å². The average molecular weight is 819 g/mol. The van der Waals surface area contributed by atoms with Crippen LogP contribution in [0.1, 0.15) is 61.2 Å². The van der Waals surface area contributed by atoms with Crippen molar-refractivity contribution in [2.75, 3.05) is 0 Å². The van der Waals surface area contributed by atoms with Gasteiger partial charge in [-0.1, -0.05) is 102 Å². The normalized spacial score (nSPS) is 11.2. The molecule has 0 spiro atoms. The molecule has 2 heterocycles. The SMILES string of the molecule is CC(C)Cc1[c-]c(-c2nccc3c2ccc2c4ccccc4ccc32)cc(CC(C)C)c1.Cc1[c-]c(-c2cc(C)cc(C)n2)cc(C)c1.[Ir]. The van der Waals surface area contributed by atoms with E-state index < -0.39 is 0 Å². The maximum atomic E-state index is 4.86. The van der Waals surface area contributed by atoms with Crippen molar-refractivity contribution >= 4 is 32.3 Å².